The summed E-state index contributed by atoms with van der Waals surface area (Å²) >= 11 is 7.66. The predicted molar refractivity (Wildman–Crippen MR) is 130 cm³/mol. The number of benzene rings is 1. The molecule has 11 heteroatoms. The number of thioether (sulfide) groups is 1. The lowest BCUT2D eigenvalue weighted by Crippen LogP contribution is -2.42. The lowest BCUT2D eigenvalue weighted by Gasteiger charge is -2.26. The summed E-state index contributed by atoms with van der Waals surface area (Å²) in [6, 6.07) is 9.04. The molecular weight excluding hydrogens is 482 g/mol. The van der Waals surface area contributed by atoms with E-state index in [2.05, 4.69) is 15.2 Å². The van der Waals surface area contributed by atoms with Crippen LogP contribution in [0.3, 0.4) is 0 Å². The van der Waals surface area contributed by atoms with Gasteiger partial charge in [0.15, 0.2) is 20.8 Å². The lowest BCUT2D eigenvalue weighted by atomic mass is 10.2. The molecule has 0 aliphatic carbocycles. The molecule has 8 nitrogen and oxygen atoms in total. The second-order valence-corrected chi connectivity index (χ2v) is 11.4. The van der Waals surface area contributed by atoms with Gasteiger partial charge in [-0.1, -0.05) is 29.4 Å². The van der Waals surface area contributed by atoms with Crippen molar-refractivity contribution in [3.05, 3.63) is 53.3 Å². The van der Waals surface area contributed by atoms with Crippen LogP contribution in [-0.2, 0) is 14.6 Å². The standard InChI is InChI=1S/C22H24ClN5O3S2/c1-3-27(17-9-12-33(30,31)14-17)20(29)13-32-22-26-25-21(16-7-10-24-11-8-16)28(22)19-6-4-5-18(23)15(19)2/h4-8,10-11,17H,3,9,12-14H2,1-2H3/t17-/m1/s1. The fourth-order valence-corrected chi connectivity index (χ4v) is 6.71. The molecule has 1 atom stereocenters. The first kappa shape index (κ1) is 23.7. The minimum absolute atomic E-state index is 0.0291. The monoisotopic (exact) mass is 505 g/mol. The summed E-state index contributed by atoms with van der Waals surface area (Å²) in [4.78, 5) is 18.7. The largest absolute Gasteiger partial charge is 0.338 e. The highest BCUT2D eigenvalue weighted by atomic mass is 35.5. The quantitative estimate of drug-likeness (QED) is 0.454. The second-order valence-electron chi connectivity index (χ2n) is 7.79. The van der Waals surface area contributed by atoms with Crippen LogP contribution < -0.4 is 0 Å². The van der Waals surface area contributed by atoms with E-state index < -0.39 is 9.84 Å². The van der Waals surface area contributed by atoms with E-state index in [-0.39, 0.29) is 29.2 Å². The van der Waals surface area contributed by atoms with Gasteiger partial charge >= 0.3 is 0 Å². The van der Waals surface area contributed by atoms with E-state index >= 15 is 0 Å². The maximum Gasteiger partial charge on any atom is 0.233 e. The summed E-state index contributed by atoms with van der Waals surface area (Å²) in [6.07, 6.45) is 3.85. The van der Waals surface area contributed by atoms with Crippen molar-refractivity contribution in [3.63, 3.8) is 0 Å². The van der Waals surface area contributed by atoms with E-state index in [0.29, 0.717) is 29.0 Å². The number of nitrogens with zero attached hydrogens (tertiary/aromatic N) is 5. The van der Waals surface area contributed by atoms with E-state index in [1.807, 2.05) is 48.7 Å². The van der Waals surface area contributed by atoms with Crippen molar-refractivity contribution >= 4 is 39.1 Å². The molecule has 0 saturated carbocycles. The van der Waals surface area contributed by atoms with Gasteiger partial charge in [-0.25, -0.2) is 8.42 Å². The molecule has 0 unspecified atom stereocenters. The van der Waals surface area contributed by atoms with Gasteiger partial charge in [0.1, 0.15) is 0 Å². The van der Waals surface area contributed by atoms with Gasteiger partial charge in [-0.3, -0.25) is 14.3 Å². The summed E-state index contributed by atoms with van der Waals surface area (Å²) in [5.74, 6) is 0.783. The molecule has 1 aromatic carbocycles. The number of pyridine rings is 1. The van der Waals surface area contributed by atoms with Crippen LogP contribution in [0.5, 0.6) is 0 Å². The zero-order chi connectivity index (χ0) is 23.6. The minimum atomic E-state index is -3.07. The maximum atomic E-state index is 13.0. The Morgan fingerprint density at radius 3 is 2.67 bits per heavy atom. The zero-order valence-corrected chi connectivity index (χ0v) is 20.7. The molecule has 1 aliphatic rings. The first-order valence-electron chi connectivity index (χ1n) is 10.5. The van der Waals surface area contributed by atoms with Gasteiger partial charge in [0, 0.05) is 35.6 Å². The highest BCUT2D eigenvalue weighted by Crippen LogP contribution is 2.32. The van der Waals surface area contributed by atoms with Crippen molar-refractivity contribution in [2.24, 2.45) is 0 Å². The van der Waals surface area contributed by atoms with Gasteiger partial charge in [0.25, 0.3) is 0 Å². The van der Waals surface area contributed by atoms with Crippen LogP contribution in [0.4, 0.5) is 0 Å². The van der Waals surface area contributed by atoms with Crippen LogP contribution >= 0.6 is 23.4 Å². The molecule has 1 fully saturated rings. The number of hydrogen-bond acceptors (Lipinski definition) is 7. The Bertz CT molecular complexity index is 1260. The van der Waals surface area contributed by atoms with Crippen LogP contribution in [0.1, 0.15) is 18.9 Å². The summed E-state index contributed by atoms with van der Waals surface area (Å²) in [7, 11) is -3.07. The smallest absolute Gasteiger partial charge is 0.233 e. The Balaban J connectivity index is 1.64. The maximum absolute atomic E-state index is 13.0. The molecule has 0 spiro atoms. The third-order valence-electron chi connectivity index (χ3n) is 5.69. The van der Waals surface area contributed by atoms with Gasteiger partial charge in [-0.15, -0.1) is 10.2 Å². The number of carbonyl (C=O) groups is 1. The summed E-state index contributed by atoms with van der Waals surface area (Å²) < 4.78 is 25.7. The first-order chi connectivity index (χ1) is 15.8. The highest BCUT2D eigenvalue weighted by molar-refractivity contribution is 7.99. The molecule has 1 saturated heterocycles. The minimum Gasteiger partial charge on any atom is -0.338 e. The number of halogens is 1. The first-order valence-corrected chi connectivity index (χ1v) is 13.7. The Hall–Kier alpha value is -2.43. The van der Waals surface area contributed by atoms with Crippen LogP contribution in [-0.4, -0.2) is 68.8 Å². The summed E-state index contributed by atoms with van der Waals surface area (Å²) in [5, 5.41) is 9.92. The fraction of sp³-hybridized carbons (Fsp3) is 0.364. The number of amides is 1. The average Bonchev–Trinajstić information content (AvgIpc) is 3.38. The van der Waals surface area contributed by atoms with E-state index in [0.717, 1.165) is 16.8 Å². The highest BCUT2D eigenvalue weighted by Gasteiger charge is 2.34. The van der Waals surface area contributed by atoms with E-state index in [1.165, 1.54) is 11.8 Å². The molecule has 2 aromatic heterocycles. The zero-order valence-electron chi connectivity index (χ0n) is 18.3. The van der Waals surface area contributed by atoms with Gasteiger partial charge < -0.3 is 4.90 Å². The normalized spacial score (nSPS) is 17.2. The molecule has 3 aromatic rings. The average molecular weight is 506 g/mol. The van der Waals surface area contributed by atoms with Crippen LogP contribution in [0.2, 0.25) is 5.02 Å². The van der Waals surface area contributed by atoms with Gasteiger partial charge in [0.2, 0.25) is 5.91 Å². The van der Waals surface area contributed by atoms with Crippen molar-refractivity contribution in [1.82, 2.24) is 24.6 Å². The Labute approximate surface area is 202 Å². The third-order valence-corrected chi connectivity index (χ3v) is 8.76. The number of hydrogen-bond donors (Lipinski definition) is 0. The van der Waals surface area contributed by atoms with E-state index in [1.54, 1.807) is 17.3 Å². The molecule has 1 aliphatic heterocycles. The van der Waals surface area contributed by atoms with E-state index in [9.17, 15) is 13.2 Å². The molecule has 1 amide bonds. The molecule has 0 N–H and O–H groups in total. The molecule has 4 rings (SSSR count). The van der Waals surface area contributed by atoms with Crippen molar-refractivity contribution < 1.29 is 13.2 Å². The molecule has 174 valence electrons. The Kier molecular flexibility index (Phi) is 7.06. The second kappa shape index (κ2) is 9.82. The molecule has 33 heavy (non-hydrogen) atoms. The predicted octanol–water partition coefficient (Wildman–Crippen LogP) is 3.42. The van der Waals surface area contributed by atoms with Crippen molar-refractivity contribution in [1.29, 1.82) is 0 Å². The molecular formula is C22H24ClN5O3S2. The summed E-state index contributed by atoms with van der Waals surface area (Å²) in [6.45, 7) is 4.25. The Morgan fingerprint density at radius 1 is 1.24 bits per heavy atom. The SMILES string of the molecule is CCN(C(=O)CSc1nnc(-c2ccncc2)n1-c1cccc(Cl)c1C)[C@@H]1CCS(=O)(=O)C1. The van der Waals surface area contributed by atoms with Crippen LogP contribution in [0.15, 0.2) is 47.9 Å². The molecule has 0 bridgehead atoms. The number of sulfone groups is 1. The number of aromatic nitrogens is 4. The van der Waals surface area contributed by atoms with Crippen LogP contribution in [0, 0.1) is 6.92 Å². The van der Waals surface area contributed by atoms with Gasteiger partial charge in [-0.05, 0) is 50.1 Å². The lowest BCUT2D eigenvalue weighted by molar-refractivity contribution is -0.129. The van der Waals surface area contributed by atoms with E-state index in [4.69, 9.17) is 11.6 Å². The number of carbonyl (C=O) groups excluding carboxylic acids is 1. The third kappa shape index (κ3) is 5.07. The topological polar surface area (TPSA) is 98.1 Å². The van der Waals surface area contributed by atoms with Gasteiger partial charge in [0.05, 0.1) is 22.9 Å². The Morgan fingerprint density at radius 2 is 2.00 bits per heavy atom. The van der Waals surface area contributed by atoms with Crippen molar-refractivity contribution in [2.75, 3.05) is 23.8 Å². The fourth-order valence-electron chi connectivity index (χ4n) is 3.98. The van der Waals surface area contributed by atoms with Crippen molar-refractivity contribution in [2.45, 2.75) is 31.5 Å². The molecule has 0 radical (unpaired) electrons. The van der Waals surface area contributed by atoms with Crippen molar-refractivity contribution in [3.8, 4) is 17.1 Å². The van der Waals surface area contributed by atoms with Gasteiger partial charge in [-0.2, -0.15) is 0 Å². The number of rotatable bonds is 7. The van der Waals surface area contributed by atoms with Crippen LogP contribution in [0.25, 0.3) is 17.1 Å². The summed E-state index contributed by atoms with van der Waals surface area (Å²) in [5.41, 5.74) is 2.53. The molecule has 3 heterocycles.